The molecule has 0 aliphatic rings. The van der Waals surface area contributed by atoms with E-state index in [1.165, 1.54) is 5.56 Å². The van der Waals surface area contributed by atoms with Gasteiger partial charge in [0, 0.05) is 11.8 Å². The fourth-order valence-electron chi connectivity index (χ4n) is 2.08. The molecular weight excluding hydrogens is 252 g/mol. The van der Waals surface area contributed by atoms with Gasteiger partial charge in [-0.2, -0.15) is 0 Å². The molecule has 20 heavy (non-hydrogen) atoms. The molecule has 0 atom stereocenters. The molecule has 0 radical (unpaired) electrons. The fraction of sp³-hybridized carbons (Fsp3) is 0.312. The second kappa shape index (κ2) is 6.91. The van der Waals surface area contributed by atoms with Crippen LogP contribution in [0.15, 0.2) is 47.3 Å². The van der Waals surface area contributed by atoms with Crippen LogP contribution in [0.1, 0.15) is 11.3 Å². The van der Waals surface area contributed by atoms with Crippen molar-refractivity contribution < 1.29 is 4.74 Å². The van der Waals surface area contributed by atoms with Crippen LogP contribution < -0.4 is 16.0 Å². The average Bonchev–Trinajstić information content (AvgIpc) is 2.44. The van der Waals surface area contributed by atoms with E-state index in [1.54, 1.807) is 16.7 Å². The molecule has 106 valence electrons. The number of nitrogens with two attached hydrogens (primary N) is 1. The number of nitrogens with zero attached hydrogens (tertiary/aromatic N) is 1. The minimum atomic E-state index is 0.00638. The van der Waals surface area contributed by atoms with Gasteiger partial charge in [0.25, 0.3) is 5.56 Å². The molecule has 0 aliphatic heterocycles. The molecule has 1 aromatic carbocycles. The second-order valence-electron chi connectivity index (χ2n) is 4.69. The van der Waals surface area contributed by atoms with Gasteiger partial charge >= 0.3 is 0 Å². The van der Waals surface area contributed by atoms with Crippen molar-refractivity contribution in [2.75, 3.05) is 13.2 Å². The van der Waals surface area contributed by atoms with Crippen molar-refractivity contribution in [3.05, 3.63) is 64.1 Å². The van der Waals surface area contributed by atoms with E-state index >= 15 is 0 Å². The van der Waals surface area contributed by atoms with Crippen LogP contribution in [0.4, 0.5) is 0 Å². The van der Waals surface area contributed by atoms with Crippen LogP contribution >= 0.6 is 0 Å². The zero-order valence-corrected chi connectivity index (χ0v) is 11.7. The van der Waals surface area contributed by atoms with Crippen molar-refractivity contribution in [1.82, 2.24) is 4.57 Å². The number of rotatable bonds is 6. The van der Waals surface area contributed by atoms with Gasteiger partial charge < -0.3 is 15.0 Å². The minimum Gasteiger partial charge on any atom is -0.492 e. The van der Waals surface area contributed by atoms with Gasteiger partial charge in [0.1, 0.15) is 12.4 Å². The van der Waals surface area contributed by atoms with E-state index in [4.69, 9.17) is 10.5 Å². The number of aryl methyl sites for hydroxylation is 1. The largest absolute Gasteiger partial charge is 0.492 e. The van der Waals surface area contributed by atoms with Gasteiger partial charge in [0.05, 0.1) is 6.54 Å². The van der Waals surface area contributed by atoms with E-state index in [-0.39, 0.29) is 5.56 Å². The van der Waals surface area contributed by atoms with Crippen LogP contribution in [0.5, 0.6) is 5.75 Å². The zero-order chi connectivity index (χ0) is 14.4. The fourth-order valence-corrected chi connectivity index (χ4v) is 2.08. The summed E-state index contributed by atoms with van der Waals surface area (Å²) in [5.74, 6) is 0.812. The van der Waals surface area contributed by atoms with Gasteiger partial charge in [-0.05, 0) is 43.7 Å². The number of aromatic nitrogens is 1. The zero-order valence-electron chi connectivity index (χ0n) is 11.7. The molecule has 0 saturated heterocycles. The highest BCUT2D eigenvalue weighted by atomic mass is 16.5. The predicted molar refractivity (Wildman–Crippen MR) is 80.1 cm³/mol. The van der Waals surface area contributed by atoms with Crippen molar-refractivity contribution in [2.45, 2.75) is 19.9 Å². The Labute approximate surface area is 118 Å². The molecule has 4 nitrogen and oxygen atoms in total. The van der Waals surface area contributed by atoms with Gasteiger partial charge in [-0.25, -0.2) is 0 Å². The smallest absolute Gasteiger partial charge is 0.250 e. The molecule has 0 spiro atoms. The molecule has 1 aromatic heterocycles. The number of benzene rings is 1. The summed E-state index contributed by atoms with van der Waals surface area (Å²) in [4.78, 5) is 11.7. The Morgan fingerprint density at radius 3 is 2.55 bits per heavy atom. The molecule has 0 amide bonds. The van der Waals surface area contributed by atoms with E-state index in [2.05, 4.69) is 0 Å². The van der Waals surface area contributed by atoms with E-state index in [0.29, 0.717) is 19.7 Å². The monoisotopic (exact) mass is 272 g/mol. The Morgan fingerprint density at radius 1 is 1.15 bits per heavy atom. The first-order valence-corrected chi connectivity index (χ1v) is 6.79. The molecule has 1 heterocycles. The summed E-state index contributed by atoms with van der Waals surface area (Å²) >= 11 is 0. The maximum Gasteiger partial charge on any atom is 0.250 e. The lowest BCUT2D eigenvalue weighted by Crippen LogP contribution is -2.23. The van der Waals surface area contributed by atoms with Gasteiger partial charge in [-0.3, -0.25) is 4.79 Å². The molecule has 0 unspecified atom stereocenters. The summed E-state index contributed by atoms with van der Waals surface area (Å²) in [6, 6.07) is 13.2. The van der Waals surface area contributed by atoms with Crippen LogP contribution in [-0.2, 0) is 13.0 Å². The van der Waals surface area contributed by atoms with E-state index in [9.17, 15) is 4.79 Å². The van der Waals surface area contributed by atoms with Crippen molar-refractivity contribution in [2.24, 2.45) is 5.73 Å². The lowest BCUT2D eigenvalue weighted by Gasteiger charge is -2.11. The Balaban J connectivity index is 1.91. The summed E-state index contributed by atoms with van der Waals surface area (Å²) in [6.07, 6.45) is 0.874. The highest BCUT2D eigenvalue weighted by molar-refractivity contribution is 5.27. The van der Waals surface area contributed by atoms with Gasteiger partial charge in [0.2, 0.25) is 0 Å². The summed E-state index contributed by atoms with van der Waals surface area (Å²) in [5, 5.41) is 0. The van der Waals surface area contributed by atoms with Gasteiger partial charge in [0.15, 0.2) is 0 Å². The third-order valence-electron chi connectivity index (χ3n) is 3.21. The quantitative estimate of drug-likeness (QED) is 0.871. The second-order valence-corrected chi connectivity index (χ2v) is 4.69. The molecular formula is C16H20N2O2. The van der Waals surface area contributed by atoms with Crippen LogP contribution in [0.25, 0.3) is 0 Å². The standard InChI is InChI=1S/C16H20N2O2/c1-13-3-2-4-16(19)18(13)11-12-20-15-7-5-14(6-8-15)9-10-17/h2-8H,9-12,17H2,1H3. The lowest BCUT2D eigenvalue weighted by atomic mass is 10.1. The maximum atomic E-state index is 11.7. The highest BCUT2D eigenvalue weighted by Crippen LogP contribution is 2.12. The number of hydrogen-bond donors (Lipinski definition) is 1. The normalized spacial score (nSPS) is 10.5. The average molecular weight is 272 g/mol. The van der Waals surface area contributed by atoms with Crippen LogP contribution in [0, 0.1) is 6.92 Å². The molecule has 0 aliphatic carbocycles. The van der Waals surface area contributed by atoms with E-state index in [0.717, 1.165) is 17.9 Å². The first-order valence-electron chi connectivity index (χ1n) is 6.79. The molecule has 0 saturated carbocycles. The minimum absolute atomic E-state index is 0.00638. The number of ether oxygens (including phenoxy) is 1. The molecule has 0 fully saturated rings. The summed E-state index contributed by atoms with van der Waals surface area (Å²) in [6.45, 7) is 3.59. The third-order valence-corrected chi connectivity index (χ3v) is 3.21. The van der Waals surface area contributed by atoms with Crippen molar-refractivity contribution in [3.63, 3.8) is 0 Å². The first kappa shape index (κ1) is 14.3. The summed E-state index contributed by atoms with van der Waals surface area (Å²) in [7, 11) is 0. The summed E-state index contributed by atoms with van der Waals surface area (Å²) in [5.41, 5.74) is 7.66. The lowest BCUT2D eigenvalue weighted by molar-refractivity contribution is 0.295. The molecule has 0 bridgehead atoms. The molecule has 2 N–H and O–H groups in total. The van der Waals surface area contributed by atoms with Gasteiger partial charge in [-0.15, -0.1) is 0 Å². The molecule has 2 aromatic rings. The van der Waals surface area contributed by atoms with Crippen molar-refractivity contribution >= 4 is 0 Å². The Bertz CT molecular complexity index is 603. The number of pyridine rings is 1. The van der Waals surface area contributed by atoms with Crippen LogP contribution in [0.3, 0.4) is 0 Å². The molecule has 2 rings (SSSR count). The predicted octanol–water partition coefficient (Wildman–Crippen LogP) is 1.74. The Hall–Kier alpha value is -2.07. The van der Waals surface area contributed by atoms with Crippen LogP contribution in [0.2, 0.25) is 0 Å². The van der Waals surface area contributed by atoms with Crippen molar-refractivity contribution in [3.8, 4) is 5.75 Å². The third kappa shape index (κ3) is 3.71. The van der Waals surface area contributed by atoms with Crippen molar-refractivity contribution in [1.29, 1.82) is 0 Å². The number of hydrogen-bond acceptors (Lipinski definition) is 3. The van der Waals surface area contributed by atoms with E-state index < -0.39 is 0 Å². The highest BCUT2D eigenvalue weighted by Gasteiger charge is 2.00. The van der Waals surface area contributed by atoms with Gasteiger partial charge in [-0.1, -0.05) is 18.2 Å². The topological polar surface area (TPSA) is 57.2 Å². The Morgan fingerprint density at radius 2 is 1.90 bits per heavy atom. The van der Waals surface area contributed by atoms with E-state index in [1.807, 2.05) is 37.3 Å². The SMILES string of the molecule is Cc1cccc(=O)n1CCOc1ccc(CCN)cc1. The van der Waals surface area contributed by atoms with Crippen LogP contribution in [-0.4, -0.2) is 17.7 Å². The summed E-state index contributed by atoms with van der Waals surface area (Å²) < 4.78 is 7.37. The Kier molecular flexibility index (Phi) is 4.96. The first-order chi connectivity index (χ1) is 9.70. The molecule has 4 heteroatoms. The maximum absolute atomic E-state index is 11.7.